The van der Waals surface area contributed by atoms with Crippen molar-refractivity contribution >= 4 is 5.91 Å². The zero-order valence-corrected chi connectivity index (χ0v) is 10.9. The molecule has 0 spiro atoms. The summed E-state index contributed by atoms with van der Waals surface area (Å²) in [6.07, 6.45) is 3.49. The van der Waals surface area contributed by atoms with Crippen LogP contribution in [-0.2, 0) is 4.79 Å². The molecule has 1 saturated carbocycles. The van der Waals surface area contributed by atoms with Gasteiger partial charge in [0.1, 0.15) is 0 Å². The standard InChI is InChI=1S/C13H24N2O2/c1-9-3-4-10(7-11(9)14)12(16)15-6-5-13(2,17)8-15/h9-11,17H,3-8,14H2,1-2H3. The Morgan fingerprint density at radius 3 is 2.71 bits per heavy atom. The molecule has 1 saturated heterocycles. The van der Waals surface area contributed by atoms with E-state index in [0.29, 0.717) is 25.4 Å². The van der Waals surface area contributed by atoms with Crippen LogP contribution in [0.1, 0.15) is 39.5 Å². The summed E-state index contributed by atoms with van der Waals surface area (Å²) in [5.74, 6) is 0.806. The van der Waals surface area contributed by atoms with Crippen LogP contribution in [0.5, 0.6) is 0 Å². The van der Waals surface area contributed by atoms with Crippen LogP contribution in [-0.4, -0.2) is 40.6 Å². The number of β-amino-alcohol motifs (C(OH)–C–C–N with tert-alkyl or cyclic N) is 1. The van der Waals surface area contributed by atoms with Gasteiger partial charge < -0.3 is 15.7 Å². The molecular formula is C13H24N2O2. The predicted molar refractivity (Wildman–Crippen MR) is 66.3 cm³/mol. The Balaban J connectivity index is 1.93. The molecule has 2 rings (SSSR count). The van der Waals surface area contributed by atoms with Gasteiger partial charge in [-0.3, -0.25) is 4.79 Å². The molecule has 98 valence electrons. The number of rotatable bonds is 1. The molecule has 4 atom stereocenters. The smallest absolute Gasteiger partial charge is 0.225 e. The number of carbonyl (C=O) groups is 1. The van der Waals surface area contributed by atoms with Gasteiger partial charge in [0.05, 0.1) is 5.60 Å². The fraction of sp³-hybridized carbons (Fsp3) is 0.923. The van der Waals surface area contributed by atoms with E-state index in [2.05, 4.69) is 6.92 Å². The number of aliphatic hydroxyl groups is 1. The van der Waals surface area contributed by atoms with E-state index in [4.69, 9.17) is 5.73 Å². The number of likely N-dealkylation sites (tertiary alicyclic amines) is 1. The molecule has 4 nitrogen and oxygen atoms in total. The summed E-state index contributed by atoms with van der Waals surface area (Å²) >= 11 is 0. The van der Waals surface area contributed by atoms with Gasteiger partial charge in [0.25, 0.3) is 0 Å². The van der Waals surface area contributed by atoms with Crippen LogP contribution in [0, 0.1) is 11.8 Å². The minimum Gasteiger partial charge on any atom is -0.388 e. The molecule has 2 aliphatic rings. The number of nitrogens with two attached hydrogens (primary N) is 1. The van der Waals surface area contributed by atoms with Crippen LogP contribution >= 0.6 is 0 Å². The number of hydrogen-bond acceptors (Lipinski definition) is 3. The molecule has 17 heavy (non-hydrogen) atoms. The van der Waals surface area contributed by atoms with E-state index in [-0.39, 0.29) is 17.9 Å². The molecule has 1 amide bonds. The van der Waals surface area contributed by atoms with Gasteiger partial charge in [-0.05, 0) is 38.5 Å². The molecule has 1 aliphatic heterocycles. The first-order valence-corrected chi connectivity index (χ1v) is 6.66. The van der Waals surface area contributed by atoms with Gasteiger partial charge in [-0.2, -0.15) is 0 Å². The second-order valence-electron chi connectivity index (χ2n) is 6.16. The molecule has 0 aromatic heterocycles. The first kappa shape index (κ1) is 12.8. The Morgan fingerprint density at radius 1 is 1.47 bits per heavy atom. The Morgan fingerprint density at radius 2 is 2.18 bits per heavy atom. The van der Waals surface area contributed by atoms with Crippen molar-refractivity contribution in [3.63, 3.8) is 0 Å². The lowest BCUT2D eigenvalue weighted by atomic mass is 9.79. The minimum atomic E-state index is -0.695. The van der Waals surface area contributed by atoms with Crippen molar-refractivity contribution in [2.75, 3.05) is 13.1 Å². The molecule has 2 fully saturated rings. The zero-order chi connectivity index (χ0) is 12.6. The number of carbonyl (C=O) groups excluding carboxylic acids is 1. The summed E-state index contributed by atoms with van der Waals surface area (Å²) in [6.45, 7) is 5.13. The van der Waals surface area contributed by atoms with Crippen molar-refractivity contribution in [1.29, 1.82) is 0 Å². The van der Waals surface area contributed by atoms with E-state index < -0.39 is 5.60 Å². The molecule has 1 heterocycles. The van der Waals surface area contributed by atoms with Crippen LogP contribution < -0.4 is 5.73 Å². The summed E-state index contributed by atoms with van der Waals surface area (Å²) in [5.41, 5.74) is 5.34. The first-order chi connectivity index (χ1) is 7.89. The third-order valence-corrected chi connectivity index (χ3v) is 4.37. The lowest BCUT2D eigenvalue weighted by molar-refractivity contribution is -0.136. The molecule has 3 N–H and O–H groups in total. The van der Waals surface area contributed by atoms with Gasteiger partial charge in [0, 0.05) is 25.0 Å². The third-order valence-electron chi connectivity index (χ3n) is 4.37. The average Bonchev–Trinajstić information content (AvgIpc) is 2.62. The largest absolute Gasteiger partial charge is 0.388 e. The Kier molecular flexibility index (Phi) is 3.46. The van der Waals surface area contributed by atoms with Crippen molar-refractivity contribution < 1.29 is 9.90 Å². The van der Waals surface area contributed by atoms with Gasteiger partial charge in [-0.25, -0.2) is 0 Å². The predicted octanol–water partition coefficient (Wildman–Crippen LogP) is 0.733. The van der Waals surface area contributed by atoms with Crippen LogP contribution in [0.2, 0.25) is 0 Å². The fourth-order valence-electron chi connectivity index (χ4n) is 2.97. The van der Waals surface area contributed by atoms with E-state index in [1.807, 2.05) is 4.90 Å². The van der Waals surface area contributed by atoms with Gasteiger partial charge in [-0.1, -0.05) is 6.92 Å². The van der Waals surface area contributed by atoms with E-state index in [9.17, 15) is 9.90 Å². The highest BCUT2D eigenvalue weighted by molar-refractivity contribution is 5.79. The number of nitrogens with zero attached hydrogens (tertiary/aromatic N) is 1. The molecule has 1 aliphatic carbocycles. The highest BCUT2D eigenvalue weighted by atomic mass is 16.3. The van der Waals surface area contributed by atoms with E-state index >= 15 is 0 Å². The quantitative estimate of drug-likeness (QED) is 0.710. The van der Waals surface area contributed by atoms with Crippen LogP contribution in [0.4, 0.5) is 0 Å². The average molecular weight is 240 g/mol. The molecule has 0 aromatic rings. The van der Waals surface area contributed by atoms with E-state index in [1.165, 1.54) is 0 Å². The maximum Gasteiger partial charge on any atom is 0.225 e. The van der Waals surface area contributed by atoms with Crippen molar-refractivity contribution in [2.24, 2.45) is 17.6 Å². The summed E-state index contributed by atoms with van der Waals surface area (Å²) in [7, 11) is 0. The Hall–Kier alpha value is -0.610. The van der Waals surface area contributed by atoms with Gasteiger partial charge in [0.2, 0.25) is 5.91 Å². The third kappa shape index (κ3) is 2.80. The summed E-state index contributed by atoms with van der Waals surface area (Å²) in [6, 6.07) is 0.154. The number of amides is 1. The summed E-state index contributed by atoms with van der Waals surface area (Å²) in [4.78, 5) is 14.1. The van der Waals surface area contributed by atoms with Crippen LogP contribution in [0.3, 0.4) is 0 Å². The van der Waals surface area contributed by atoms with Crippen molar-refractivity contribution in [1.82, 2.24) is 4.90 Å². The molecular weight excluding hydrogens is 216 g/mol. The SMILES string of the molecule is CC1CCC(C(=O)N2CCC(C)(O)C2)CC1N. The molecule has 0 bridgehead atoms. The zero-order valence-electron chi connectivity index (χ0n) is 10.9. The molecule has 0 aromatic carbocycles. The Labute approximate surface area is 103 Å². The minimum absolute atomic E-state index is 0.0788. The second kappa shape index (κ2) is 4.58. The Bertz CT molecular complexity index is 304. The van der Waals surface area contributed by atoms with Gasteiger partial charge in [0.15, 0.2) is 0 Å². The molecule has 4 unspecified atom stereocenters. The lowest BCUT2D eigenvalue weighted by Gasteiger charge is -2.33. The monoisotopic (exact) mass is 240 g/mol. The molecule has 4 heteroatoms. The van der Waals surface area contributed by atoms with Crippen molar-refractivity contribution in [3.05, 3.63) is 0 Å². The maximum absolute atomic E-state index is 12.3. The second-order valence-corrected chi connectivity index (χ2v) is 6.16. The fourth-order valence-corrected chi connectivity index (χ4v) is 2.97. The summed E-state index contributed by atoms with van der Waals surface area (Å²) in [5, 5.41) is 9.89. The topological polar surface area (TPSA) is 66.6 Å². The van der Waals surface area contributed by atoms with E-state index in [1.54, 1.807) is 6.92 Å². The lowest BCUT2D eigenvalue weighted by Crippen LogP contribution is -2.43. The van der Waals surface area contributed by atoms with Gasteiger partial charge in [-0.15, -0.1) is 0 Å². The van der Waals surface area contributed by atoms with Crippen LogP contribution in [0.15, 0.2) is 0 Å². The van der Waals surface area contributed by atoms with Gasteiger partial charge >= 0.3 is 0 Å². The highest BCUT2D eigenvalue weighted by Crippen LogP contribution is 2.31. The highest BCUT2D eigenvalue weighted by Gasteiger charge is 2.38. The van der Waals surface area contributed by atoms with E-state index in [0.717, 1.165) is 19.3 Å². The summed E-state index contributed by atoms with van der Waals surface area (Å²) < 4.78 is 0. The number of hydrogen-bond donors (Lipinski definition) is 2. The maximum atomic E-state index is 12.3. The normalized spacial score (nSPS) is 42.8. The van der Waals surface area contributed by atoms with Crippen molar-refractivity contribution in [2.45, 2.75) is 51.2 Å². The van der Waals surface area contributed by atoms with Crippen LogP contribution in [0.25, 0.3) is 0 Å². The molecule has 0 radical (unpaired) electrons. The van der Waals surface area contributed by atoms with Crippen molar-refractivity contribution in [3.8, 4) is 0 Å². The first-order valence-electron chi connectivity index (χ1n) is 6.66.